The third-order valence-corrected chi connectivity index (χ3v) is 6.46. The minimum absolute atomic E-state index is 0.0849. The van der Waals surface area contributed by atoms with Crippen LogP contribution in [0.2, 0.25) is 0 Å². The fourth-order valence-electron chi connectivity index (χ4n) is 5.32. The Bertz CT molecular complexity index is 910. The van der Waals surface area contributed by atoms with Crippen LogP contribution in [0.4, 0.5) is 0 Å². The first-order valence-electron chi connectivity index (χ1n) is 9.12. The van der Waals surface area contributed by atoms with E-state index in [1.54, 1.807) is 7.11 Å². The molecule has 5 nitrogen and oxygen atoms in total. The van der Waals surface area contributed by atoms with Gasteiger partial charge in [0, 0.05) is 18.4 Å². The molecule has 26 heavy (non-hydrogen) atoms. The molecule has 1 fully saturated rings. The van der Waals surface area contributed by atoms with Gasteiger partial charge in [-0.1, -0.05) is 19.1 Å². The highest BCUT2D eigenvalue weighted by Gasteiger charge is 2.56. The minimum Gasteiger partial charge on any atom is -0.497 e. The fourth-order valence-corrected chi connectivity index (χ4v) is 5.32. The number of aryl methyl sites for hydroxylation is 2. The van der Waals surface area contributed by atoms with Gasteiger partial charge in [-0.05, 0) is 48.4 Å². The highest BCUT2D eigenvalue weighted by Crippen LogP contribution is 2.56. The van der Waals surface area contributed by atoms with Gasteiger partial charge in [-0.25, -0.2) is 0 Å². The van der Waals surface area contributed by atoms with Gasteiger partial charge in [0.1, 0.15) is 11.7 Å². The van der Waals surface area contributed by atoms with Gasteiger partial charge in [-0.15, -0.1) is 0 Å². The topological polar surface area (TPSA) is 67.9 Å². The Morgan fingerprint density at radius 2 is 2.23 bits per heavy atom. The number of rotatable bonds is 2. The molecule has 0 saturated heterocycles. The van der Waals surface area contributed by atoms with Crippen LogP contribution in [0.5, 0.6) is 5.75 Å². The van der Waals surface area contributed by atoms with Crippen molar-refractivity contribution in [2.75, 3.05) is 7.11 Å². The number of nitrogens with zero attached hydrogens (tertiary/aromatic N) is 3. The van der Waals surface area contributed by atoms with Crippen LogP contribution < -0.4 is 4.74 Å². The zero-order valence-corrected chi connectivity index (χ0v) is 15.4. The lowest BCUT2D eigenvalue weighted by molar-refractivity contribution is -0.131. The van der Waals surface area contributed by atoms with Crippen molar-refractivity contribution in [3.8, 4) is 11.8 Å². The van der Waals surface area contributed by atoms with E-state index in [0.29, 0.717) is 6.42 Å². The first-order chi connectivity index (χ1) is 12.5. The molecule has 1 saturated carbocycles. The van der Waals surface area contributed by atoms with Crippen LogP contribution in [0.1, 0.15) is 36.6 Å². The van der Waals surface area contributed by atoms with Crippen molar-refractivity contribution >= 4 is 5.78 Å². The van der Waals surface area contributed by atoms with Gasteiger partial charge >= 0.3 is 0 Å². The van der Waals surface area contributed by atoms with E-state index in [2.05, 4.69) is 23.3 Å². The average Bonchev–Trinajstić information content (AvgIpc) is 3.06. The Hall–Kier alpha value is -2.61. The summed E-state index contributed by atoms with van der Waals surface area (Å²) in [5, 5.41) is 14.2. The number of hydrogen-bond donors (Lipinski definition) is 0. The molecule has 0 aliphatic heterocycles. The van der Waals surface area contributed by atoms with Gasteiger partial charge in [-0.2, -0.15) is 10.4 Å². The first kappa shape index (κ1) is 16.8. The number of ether oxygens (including phenoxy) is 1. The quantitative estimate of drug-likeness (QED) is 0.836. The maximum Gasteiger partial charge on any atom is 0.153 e. The smallest absolute Gasteiger partial charge is 0.153 e. The molecule has 0 N–H and O–H groups in total. The zero-order chi connectivity index (χ0) is 18.5. The largest absolute Gasteiger partial charge is 0.497 e. The number of Topliss-reactive ketones (excluding diaryl/α,β-unsaturated/α-hetero) is 1. The molecule has 2 aromatic rings. The summed E-state index contributed by atoms with van der Waals surface area (Å²) in [4.78, 5) is 12.8. The number of nitriles is 1. The van der Waals surface area contributed by atoms with E-state index in [4.69, 9.17) is 4.74 Å². The summed E-state index contributed by atoms with van der Waals surface area (Å²) < 4.78 is 7.41. The van der Waals surface area contributed by atoms with Crippen molar-refractivity contribution < 1.29 is 9.53 Å². The first-order valence-corrected chi connectivity index (χ1v) is 9.12. The predicted octanol–water partition coefficient (Wildman–Crippen LogP) is 3.03. The third-order valence-electron chi connectivity index (χ3n) is 6.46. The van der Waals surface area contributed by atoms with E-state index in [-0.39, 0.29) is 23.0 Å². The number of aromatic nitrogens is 2. The van der Waals surface area contributed by atoms with Crippen molar-refractivity contribution in [1.29, 1.82) is 5.26 Å². The molecule has 1 unspecified atom stereocenters. The molecular weight excluding hydrogens is 326 g/mol. The van der Waals surface area contributed by atoms with E-state index < -0.39 is 5.92 Å². The van der Waals surface area contributed by atoms with Crippen molar-refractivity contribution in [3.05, 3.63) is 47.3 Å². The molecule has 134 valence electrons. The van der Waals surface area contributed by atoms with Crippen LogP contribution in [0.15, 0.2) is 30.5 Å². The number of carbonyl (C=O) groups is 1. The van der Waals surface area contributed by atoms with Crippen LogP contribution in [0.25, 0.3) is 0 Å². The standard InChI is InChI=1S/C21H23N3O2/c1-13-18-8-7-14-12-23-24(2)20(14)21(18,10-15(11-22)19(13)25)16-5-4-6-17(9-16)26-3/h4-6,9,12-13,15,18H,7-8,10H2,1-3H3/t13-,15?,18-,21+/m0/s1. The van der Waals surface area contributed by atoms with E-state index >= 15 is 0 Å². The molecule has 2 aliphatic rings. The zero-order valence-electron chi connectivity index (χ0n) is 15.4. The molecule has 4 rings (SSSR count). The summed E-state index contributed by atoms with van der Waals surface area (Å²) in [7, 11) is 3.63. The Morgan fingerprint density at radius 3 is 2.96 bits per heavy atom. The van der Waals surface area contributed by atoms with Gasteiger partial charge in [0.15, 0.2) is 5.78 Å². The Kier molecular flexibility index (Phi) is 3.87. The van der Waals surface area contributed by atoms with Crippen molar-refractivity contribution in [2.45, 2.75) is 31.6 Å². The molecule has 1 heterocycles. The maximum atomic E-state index is 12.8. The molecule has 0 radical (unpaired) electrons. The summed E-state index contributed by atoms with van der Waals surface area (Å²) in [6.07, 6.45) is 4.31. The molecule has 1 aromatic carbocycles. The number of ketones is 1. The normalized spacial score (nSPS) is 30.2. The predicted molar refractivity (Wildman–Crippen MR) is 96.7 cm³/mol. The second-order valence-electron chi connectivity index (χ2n) is 7.57. The van der Waals surface area contributed by atoms with Gasteiger partial charge in [0.2, 0.25) is 0 Å². The minimum atomic E-state index is -0.590. The second kappa shape index (κ2) is 5.98. The monoisotopic (exact) mass is 349 g/mol. The second-order valence-corrected chi connectivity index (χ2v) is 7.57. The highest BCUT2D eigenvalue weighted by molar-refractivity contribution is 5.87. The van der Waals surface area contributed by atoms with Crippen molar-refractivity contribution in [3.63, 3.8) is 0 Å². The fraction of sp³-hybridized carbons (Fsp3) is 0.476. The number of hydrogen-bond acceptors (Lipinski definition) is 4. The highest BCUT2D eigenvalue weighted by atomic mass is 16.5. The van der Waals surface area contributed by atoms with Gasteiger partial charge in [-0.3, -0.25) is 9.48 Å². The van der Waals surface area contributed by atoms with Crippen LogP contribution in [-0.2, 0) is 23.7 Å². The Balaban J connectivity index is 2.01. The lowest BCUT2D eigenvalue weighted by Crippen LogP contribution is -2.53. The van der Waals surface area contributed by atoms with Crippen LogP contribution >= 0.6 is 0 Å². The van der Waals surface area contributed by atoms with E-state index in [9.17, 15) is 10.1 Å². The maximum absolute atomic E-state index is 12.8. The summed E-state index contributed by atoms with van der Waals surface area (Å²) in [6, 6.07) is 10.4. The Morgan fingerprint density at radius 1 is 1.42 bits per heavy atom. The third kappa shape index (κ3) is 2.14. The van der Waals surface area contributed by atoms with E-state index in [1.165, 1.54) is 5.56 Å². The molecule has 1 aromatic heterocycles. The van der Waals surface area contributed by atoms with Crippen LogP contribution in [0.3, 0.4) is 0 Å². The van der Waals surface area contributed by atoms with Crippen LogP contribution in [-0.4, -0.2) is 22.7 Å². The average molecular weight is 349 g/mol. The van der Waals surface area contributed by atoms with Gasteiger partial charge < -0.3 is 4.74 Å². The number of methoxy groups -OCH3 is 1. The molecule has 0 amide bonds. The molecule has 0 bridgehead atoms. The lowest BCUT2D eigenvalue weighted by Gasteiger charge is -2.51. The molecule has 2 aliphatic carbocycles. The van der Waals surface area contributed by atoms with E-state index in [1.807, 2.05) is 37.0 Å². The molecule has 0 spiro atoms. The van der Waals surface area contributed by atoms with Gasteiger partial charge in [0.25, 0.3) is 0 Å². The number of carbonyl (C=O) groups excluding carboxylic acids is 1. The number of fused-ring (bicyclic) bond motifs is 3. The summed E-state index contributed by atoms with van der Waals surface area (Å²) in [5.41, 5.74) is 3.11. The van der Waals surface area contributed by atoms with Gasteiger partial charge in [0.05, 0.1) is 25.1 Å². The molecule has 4 atom stereocenters. The summed E-state index contributed by atoms with van der Waals surface area (Å²) >= 11 is 0. The summed E-state index contributed by atoms with van der Waals surface area (Å²) in [6.45, 7) is 1.99. The SMILES string of the molecule is COc1cccc([C@]23CC(C#N)C(=O)[C@@H](C)[C@@H]2CCc2cnn(C)c23)c1. The Labute approximate surface area is 153 Å². The van der Waals surface area contributed by atoms with Crippen molar-refractivity contribution in [2.24, 2.45) is 24.8 Å². The number of benzene rings is 1. The van der Waals surface area contributed by atoms with E-state index in [0.717, 1.165) is 29.8 Å². The van der Waals surface area contributed by atoms with Crippen LogP contribution in [0, 0.1) is 29.1 Å². The molecular formula is C21H23N3O2. The molecule has 5 heteroatoms. The summed E-state index contributed by atoms with van der Waals surface area (Å²) in [5.74, 6) is 0.301. The lowest BCUT2D eigenvalue weighted by atomic mass is 9.51. The van der Waals surface area contributed by atoms with Crippen molar-refractivity contribution in [1.82, 2.24) is 9.78 Å².